The van der Waals surface area contributed by atoms with E-state index in [0.717, 1.165) is 11.0 Å². The average molecular weight is 422 g/mol. The highest BCUT2D eigenvalue weighted by molar-refractivity contribution is 6.08. The van der Waals surface area contributed by atoms with Crippen LogP contribution in [0, 0.1) is 11.8 Å². The van der Waals surface area contributed by atoms with Gasteiger partial charge in [-0.2, -0.15) is 0 Å². The fourth-order valence-corrected chi connectivity index (χ4v) is 5.36. The lowest BCUT2D eigenvalue weighted by Gasteiger charge is -2.35. The fourth-order valence-electron chi connectivity index (χ4n) is 5.36. The number of allylic oxidation sites excluding steroid dienone is 2. The van der Waals surface area contributed by atoms with Crippen molar-refractivity contribution in [2.45, 2.75) is 44.7 Å². The van der Waals surface area contributed by atoms with Crippen LogP contribution < -0.4 is 5.69 Å². The Morgan fingerprint density at radius 2 is 1.61 bits per heavy atom. The van der Waals surface area contributed by atoms with Gasteiger partial charge in [-0.3, -0.25) is 23.9 Å². The molecule has 1 aromatic carbocycles. The average Bonchev–Trinajstić information content (AvgIpc) is 3.26. The fraction of sp³-hybridized carbons (Fsp3) is 0.478. The second-order valence-electron chi connectivity index (χ2n) is 8.75. The number of amides is 3. The van der Waals surface area contributed by atoms with Crippen molar-refractivity contribution in [1.82, 2.24) is 19.4 Å². The molecule has 31 heavy (non-hydrogen) atoms. The second kappa shape index (κ2) is 7.51. The van der Waals surface area contributed by atoms with Gasteiger partial charge in [-0.05, 0) is 44.7 Å². The number of nitrogens with one attached hydrogen (secondary N) is 1. The lowest BCUT2D eigenvalue weighted by atomic mass is 9.85. The Balaban J connectivity index is 1.28. The van der Waals surface area contributed by atoms with Crippen molar-refractivity contribution in [3.63, 3.8) is 0 Å². The summed E-state index contributed by atoms with van der Waals surface area (Å²) < 4.78 is 1.78. The first-order valence-electron chi connectivity index (χ1n) is 11.0. The Bertz CT molecular complexity index is 1110. The van der Waals surface area contributed by atoms with E-state index in [1.807, 2.05) is 36.4 Å². The summed E-state index contributed by atoms with van der Waals surface area (Å²) in [5.74, 6) is -1.29. The number of rotatable bonds is 3. The number of fused-ring (bicyclic) bond motifs is 2. The highest BCUT2D eigenvalue weighted by Gasteiger charge is 2.50. The van der Waals surface area contributed by atoms with Crippen LogP contribution in [-0.2, 0) is 14.4 Å². The Morgan fingerprint density at radius 1 is 1.00 bits per heavy atom. The molecule has 162 valence electrons. The van der Waals surface area contributed by atoms with E-state index >= 15 is 0 Å². The Morgan fingerprint density at radius 3 is 2.26 bits per heavy atom. The minimum Gasteiger partial charge on any atom is -0.341 e. The quantitative estimate of drug-likeness (QED) is 0.603. The minimum absolute atomic E-state index is 0.00648. The van der Waals surface area contributed by atoms with Gasteiger partial charge in [-0.15, -0.1) is 0 Å². The summed E-state index contributed by atoms with van der Waals surface area (Å²) in [5, 5.41) is 0. The van der Waals surface area contributed by atoms with Gasteiger partial charge in [0.2, 0.25) is 17.7 Å². The SMILES string of the molecule is C[C@H](C(=O)N1CCC(n2c(=O)[nH]c3ccccc32)CC1)N1C(=O)[C@H]2CC=CC[C@H]2C1=O. The van der Waals surface area contributed by atoms with Crippen molar-refractivity contribution in [1.29, 1.82) is 0 Å². The molecule has 1 aliphatic carbocycles. The summed E-state index contributed by atoms with van der Waals surface area (Å²) in [6, 6.07) is 6.81. The molecule has 0 unspecified atom stereocenters. The third-order valence-corrected chi connectivity index (χ3v) is 7.05. The number of imide groups is 1. The van der Waals surface area contributed by atoms with Gasteiger partial charge in [0.15, 0.2) is 0 Å². The highest BCUT2D eigenvalue weighted by atomic mass is 16.2. The van der Waals surface area contributed by atoms with E-state index in [1.165, 1.54) is 4.90 Å². The maximum Gasteiger partial charge on any atom is 0.326 e. The normalized spacial score (nSPS) is 25.3. The number of H-pyrrole nitrogens is 1. The van der Waals surface area contributed by atoms with Gasteiger partial charge >= 0.3 is 5.69 Å². The topological polar surface area (TPSA) is 95.5 Å². The van der Waals surface area contributed by atoms with E-state index in [4.69, 9.17) is 0 Å². The van der Waals surface area contributed by atoms with Crippen molar-refractivity contribution in [2.75, 3.05) is 13.1 Å². The molecule has 0 radical (unpaired) electrons. The van der Waals surface area contributed by atoms with E-state index in [1.54, 1.807) is 16.4 Å². The monoisotopic (exact) mass is 422 g/mol. The van der Waals surface area contributed by atoms with Crippen LogP contribution in [-0.4, -0.2) is 56.2 Å². The second-order valence-corrected chi connectivity index (χ2v) is 8.75. The number of benzene rings is 1. The van der Waals surface area contributed by atoms with Crippen molar-refractivity contribution in [2.24, 2.45) is 11.8 Å². The predicted molar refractivity (Wildman–Crippen MR) is 114 cm³/mol. The molecule has 3 aliphatic rings. The first-order valence-corrected chi connectivity index (χ1v) is 11.0. The van der Waals surface area contributed by atoms with Gasteiger partial charge in [0.05, 0.1) is 22.9 Å². The number of para-hydroxylation sites is 2. The molecule has 2 aliphatic heterocycles. The summed E-state index contributed by atoms with van der Waals surface area (Å²) in [7, 11) is 0. The number of hydrogen-bond donors (Lipinski definition) is 1. The maximum absolute atomic E-state index is 13.1. The number of nitrogens with zero attached hydrogens (tertiary/aromatic N) is 3. The molecule has 1 N–H and O–H groups in total. The Hall–Kier alpha value is -3.16. The van der Waals surface area contributed by atoms with Gasteiger partial charge in [0, 0.05) is 19.1 Å². The molecule has 0 bridgehead atoms. The molecular weight excluding hydrogens is 396 g/mol. The Labute approximate surface area is 179 Å². The third-order valence-electron chi connectivity index (χ3n) is 7.05. The van der Waals surface area contributed by atoms with Crippen LogP contribution in [0.3, 0.4) is 0 Å². The maximum atomic E-state index is 13.1. The largest absolute Gasteiger partial charge is 0.341 e. The van der Waals surface area contributed by atoms with Crippen LogP contribution in [0.25, 0.3) is 11.0 Å². The molecule has 0 spiro atoms. The zero-order chi connectivity index (χ0) is 21.7. The molecule has 5 rings (SSSR count). The van der Waals surface area contributed by atoms with Crippen LogP contribution in [0.1, 0.15) is 38.6 Å². The molecule has 8 heteroatoms. The number of likely N-dealkylation sites (tertiary alicyclic amines) is 2. The number of imidazole rings is 1. The van der Waals surface area contributed by atoms with Gasteiger partial charge in [-0.25, -0.2) is 4.79 Å². The van der Waals surface area contributed by atoms with Crippen molar-refractivity contribution in [3.05, 3.63) is 46.9 Å². The molecule has 8 nitrogen and oxygen atoms in total. The first-order chi connectivity index (χ1) is 15.0. The standard InChI is InChI=1S/C23H26N4O4/c1-14(26-21(29)16-6-2-3-7-17(16)22(26)30)20(28)25-12-10-15(11-13-25)27-19-9-5-4-8-18(19)24-23(27)31/h2-5,8-9,14-17H,6-7,10-13H2,1H3,(H,24,31)/t14-,16-,17+/m1/s1. The van der Waals surface area contributed by atoms with Crippen LogP contribution in [0.15, 0.2) is 41.2 Å². The van der Waals surface area contributed by atoms with Gasteiger partial charge in [-0.1, -0.05) is 24.3 Å². The summed E-state index contributed by atoms with van der Waals surface area (Å²) in [4.78, 5) is 57.0. The zero-order valence-corrected chi connectivity index (χ0v) is 17.5. The summed E-state index contributed by atoms with van der Waals surface area (Å²) >= 11 is 0. The molecule has 3 amide bonds. The van der Waals surface area contributed by atoms with Crippen molar-refractivity contribution < 1.29 is 14.4 Å². The molecule has 2 aromatic rings. The van der Waals surface area contributed by atoms with E-state index in [-0.39, 0.29) is 41.3 Å². The summed E-state index contributed by atoms with van der Waals surface area (Å²) in [5.41, 5.74) is 1.54. The van der Waals surface area contributed by atoms with Gasteiger partial charge < -0.3 is 9.88 Å². The molecule has 3 heterocycles. The molecular formula is C23H26N4O4. The number of carbonyl (C=O) groups excluding carboxylic acids is 3. The number of aromatic nitrogens is 2. The van der Waals surface area contributed by atoms with E-state index in [2.05, 4.69) is 4.98 Å². The lowest BCUT2D eigenvalue weighted by molar-refractivity contribution is -0.151. The molecule has 1 aromatic heterocycles. The van der Waals surface area contributed by atoms with E-state index in [0.29, 0.717) is 38.8 Å². The summed E-state index contributed by atoms with van der Waals surface area (Å²) in [6.07, 6.45) is 6.32. The number of aromatic amines is 1. The van der Waals surface area contributed by atoms with Crippen LogP contribution >= 0.6 is 0 Å². The number of hydrogen-bond acceptors (Lipinski definition) is 4. The highest BCUT2D eigenvalue weighted by Crippen LogP contribution is 2.36. The molecule has 3 atom stereocenters. The predicted octanol–water partition coefficient (Wildman–Crippen LogP) is 1.83. The third kappa shape index (κ3) is 3.12. The van der Waals surface area contributed by atoms with Crippen molar-refractivity contribution in [3.8, 4) is 0 Å². The number of carbonyl (C=O) groups is 3. The van der Waals surface area contributed by atoms with Crippen LogP contribution in [0.5, 0.6) is 0 Å². The first kappa shape index (κ1) is 19.8. The Kier molecular flexibility index (Phi) is 4.79. The molecule has 2 saturated heterocycles. The minimum atomic E-state index is -0.794. The van der Waals surface area contributed by atoms with Crippen LogP contribution in [0.4, 0.5) is 0 Å². The smallest absolute Gasteiger partial charge is 0.326 e. The number of piperidine rings is 1. The van der Waals surface area contributed by atoms with Gasteiger partial charge in [0.25, 0.3) is 0 Å². The van der Waals surface area contributed by atoms with Gasteiger partial charge in [0.1, 0.15) is 6.04 Å². The van der Waals surface area contributed by atoms with E-state index in [9.17, 15) is 19.2 Å². The lowest BCUT2D eigenvalue weighted by Crippen LogP contribution is -2.52. The molecule has 0 saturated carbocycles. The van der Waals surface area contributed by atoms with Crippen molar-refractivity contribution >= 4 is 28.8 Å². The zero-order valence-electron chi connectivity index (χ0n) is 17.5. The van der Waals surface area contributed by atoms with E-state index < -0.39 is 6.04 Å². The van der Waals surface area contributed by atoms with Crippen LogP contribution in [0.2, 0.25) is 0 Å². The summed E-state index contributed by atoms with van der Waals surface area (Å²) in [6.45, 7) is 2.63. The molecule has 2 fully saturated rings.